The van der Waals surface area contributed by atoms with Crippen molar-refractivity contribution in [1.82, 2.24) is 0 Å². The normalized spacial score (nSPS) is 21.0. The molecule has 1 aliphatic carbocycles. The summed E-state index contributed by atoms with van der Waals surface area (Å²) in [4.78, 5) is 10.9. The van der Waals surface area contributed by atoms with Crippen molar-refractivity contribution < 1.29 is 9.90 Å². The predicted octanol–water partition coefficient (Wildman–Crippen LogP) is 1.70. The highest BCUT2D eigenvalue weighted by molar-refractivity contribution is 5.70. The van der Waals surface area contributed by atoms with E-state index in [0.29, 0.717) is 0 Å². The monoisotopic (exact) mass is 205 g/mol. The van der Waals surface area contributed by atoms with E-state index in [4.69, 9.17) is 10.8 Å². The SMILES string of the molecule is CC(C(=O)O)C1Cc2ccc(N)cc2C1. The van der Waals surface area contributed by atoms with E-state index in [1.54, 1.807) is 6.92 Å². The fraction of sp³-hybridized carbons (Fsp3) is 0.417. The molecule has 2 atom stereocenters. The minimum absolute atomic E-state index is 0.222. The highest BCUT2D eigenvalue weighted by Gasteiger charge is 2.29. The number of anilines is 1. The molecule has 0 fully saturated rings. The number of carbonyl (C=O) groups is 1. The van der Waals surface area contributed by atoms with E-state index in [9.17, 15) is 4.79 Å². The maximum atomic E-state index is 10.9. The lowest BCUT2D eigenvalue weighted by atomic mass is 9.91. The van der Waals surface area contributed by atoms with Gasteiger partial charge in [0.1, 0.15) is 0 Å². The van der Waals surface area contributed by atoms with Crippen LogP contribution < -0.4 is 5.73 Å². The van der Waals surface area contributed by atoms with Crippen LogP contribution in [-0.2, 0) is 17.6 Å². The molecule has 0 spiro atoms. The molecular formula is C12H15NO2. The van der Waals surface area contributed by atoms with E-state index in [1.165, 1.54) is 11.1 Å². The van der Waals surface area contributed by atoms with E-state index in [0.717, 1.165) is 18.5 Å². The molecule has 2 unspecified atom stereocenters. The summed E-state index contributed by atoms with van der Waals surface area (Å²) in [6.07, 6.45) is 1.71. The van der Waals surface area contributed by atoms with E-state index < -0.39 is 5.97 Å². The number of rotatable bonds is 2. The van der Waals surface area contributed by atoms with Crippen LogP contribution in [0, 0.1) is 11.8 Å². The lowest BCUT2D eigenvalue weighted by Gasteiger charge is -2.13. The number of aliphatic carboxylic acids is 1. The number of fused-ring (bicyclic) bond motifs is 1. The minimum atomic E-state index is -0.708. The first kappa shape index (κ1) is 10.0. The van der Waals surface area contributed by atoms with Crippen molar-refractivity contribution >= 4 is 11.7 Å². The van der Waals surface area contributed by atoms with Gasteiger partial charge in [0.05, 0.1) is 5.92 Å². The van der Waals surface area contributed by atoms with Gasteiger partial charge in [-0.15, -0.1) is 0 Å². The topological polar surface area (TPSA) is 63.3 Å². The fourth-order valence-electron chi connectivity index (χ4n) is 2.23. The molecule has 0 bridgehead atoms. The van der Waals surface area contributed by atoms with Crippen LogP contribution in [0.3, 0.4) is 0 Å². The number of hydrogen-bond donors (Lipinski definition) is 2. The smallest absolute Gasteiger partial charge is 0.306 e. The van der Waals surface area contributed by atoms with Crippen LogP contribution in [0.4, 0.5) is 5.69 Å². The van der Waals surface area contributed by atoms with Gasteiger partial charge in [-0.25, -0.2) is 0 Å². The Hall–Kier alpha value is -1.51. The van der Waals surface area contributed by atoms with Crippen LogP contribution >= 0.6 is 0 Å². The second kappa shape index (κ2) is 3.57. The number of carboxylic acid groups (broad SMARTS) is 1. The van der Waals surface area contributed by atoms with Crippen molar-refractivity contribution in [3.63, 3.8) is 0 Å². The molecule has 0 aliphatic heterocycles. The highest BCUT2D eigenvalue weighted by atomic mass is 16.4. The molecule has 1 aromatic rings. The Labute approximate surface area is 88.9 Å². The molecule has 0 saturated heterocycles. The summed E-state index contributed by atoms with van der Waals surface area (Å²) >= 11 is 0. The van der Waals surface area contributed by atoms with Crippen molar-refractivity contribution in [2.45, 2.75) is 19.8 Å². The quantitative estimate of drug-likeness (QED) is 0.722. The maximum absolute atomic E-state index is 10.9. The van der Waals surface area contributed by atoms with E-state index in [2.05, 4.69) is 0 Å². The molecule has 15 heavy (non-hydrogen) atoms. The van der Waals surface area contributed by atoms with Gasteiger partial charge in [-0.2, -0.15) is 0 Å². The number of nitrogens with two attached hydrogens (primary N) is 1. The Morgan fingerprint density at radius 1 is 1.47 bits per heavy atom. The molecule has 80 valence electrons. The van der Waals surface area contributed by atoms with E-state index in [1.807, 2.05) is 18.2 Å². The molecule has 3 nitrogen and oxygen atoms in total. The van der Waals surface area contributed by atoms with Gasteiger partial charge in [0.2, 0.25) is 0 Å². The minimum Gasteiger partial charge on any atom is -0.481 e. The third kappa shape index (κ3) is 1.82. The van der Waals surface area contributed by atoms with Crippen LogP contribution in [0.25, 0.3) is 0 Å². The zero-order valence-electron chi connectivity index (χ0n) is 8.73. The van der Waals surface area contributed by atoms with Gasteiger partial charge in [-0.05, 0) is 42.0 Å². The molecule has 0 aromatic heterocycles. The third-order valence-corrected chi connectivity index (χ3v) is 3.29. The standard InChI is InChI=1S/C12H15NO2/c1-7(12(14)15)9-4-8-2-3-11(13)6-10(8)5-9/h2-3,6-7,9H,4-5,13H2,1H3,(H,14,15). The van der Waals surface area contributed by atoms with Gasteiger partial charge in [-0.1, -0.05) is 13.0 Å². The molecular weight excluding hydrogens is 190 g/mol. The Kier molecular flexibility index (Phi) is 2.39. The Bertz CT molecular complexity index is 401. The summed E-state index contributed by atoms with van der Waals surface area (Å²) in [7, 11) is 0. The van der Waals surface area contributed by atoms with Crippen LogP contribution in [0.15, 0.2) is 18.2 Å². The van der Waals surface area contributed by atoms with Gasteiger partial charge in [0.15, 0.2) is 0 Å². The summed E-state index contributed by atoms with van der Waals surface area (Å²) in [5.41, 5.74) is 8.93. The van der Waals surface area contributed by atoms with E-state index in [-0.39, 0.29) is 11.8 Å². The lowest BCUT2D eigenvalue weighted by Crippen LogP contribution is -2.20. The Balaban J connectivity index is 2.19. The zero-order chi connectivity index (χ0) is 11.0. The van der Waals surface area contributed by atoms with Gasteiger partial charge < -0.3 is 10.8 Å². The van der Waals surface area contributed by atoms with Gasteiger partial charge >= 0.3 is 5.97 Å². The summed E-state index contributed by atoms with van der Waals surface area (Å²) in [6, 6.07) is 5.86. The average molecular weight is 205 g/mol. The van der Waals surface area contributed by atoms with Gasteiger partial charge in [0, 0.05) is 5.69 Å². The highest BCUT2D eigenvalue weighted by Crippen LogP contribution is 2.32. The zero-order valence-corrected chi connectivity index (χ0v) is 8.73. The molecule has 0 heterocycles. The van der Waals surface area contributed by atoms with Crippen LogP contribution in [-0.4, -0.2) is 11.1 Å². The first-order valence-corrected chi connectivity index (χ1v) is 5.18. The van der Waals surface area contributed by atoms with E-state index >= 15 is 0 Å². The predicted molar refractivity (Wildman–Crippen MR) is 58.6 cm³/mol. The largest absolute Gasteiger partial charge is 0.481 e. The average Bonchev–Trinajstić information content (AvgIpc) is 2.58. The maximum Gasteiger partial charge on any atom is 0.306 e. The van der Waals surface area contributed by atoms with Crippen molar-refractivity contribution in [3.8, 4) is 0 Å². The molecule has 0 amide bonds. The van der Waals surface area contributed by atoms with Crippen molar-refractivity contribution in [3.05, 3.63) is 29.3 Å². The Morgan fingerprint density at radius 2 is 2.13 bits per heavy atom. The molecule has 0 radical (unpaired) electrons. The summed E-state index contributed by atoms with van der Waals surface area (Å²) in [6.45, 7) is 1.78. The number of nitrogen functional groups attached to an aromatic ring is 1. The van der Waals surface area contributed by atoms with Crippen molar-refractivity contribution in [1.29, 1.82) is 0 Å². The summed E-state index contributed by atoms with van der Waals surface area (Å²) < 4.78 is 0. The second-order valence-electron chi connectivity index (χ2n) is 4.32. The fourth-order valence-corrected chi connectivity index (χ4v) is 2.23. The number of hydrogen-bond acceptors (Lipinski definition) is 2. The van der Waals surface area contributed by atoms with Crippen molar-refractivity contribution in [2.75, 3.05) is 5.73 Å². The summed E-state index contributed by atoms with van der Waals surface area (Å²) in [5.74, 6) is -0.765. The van der Waals surface area contributed by atoms with Gasteiger partial charge in [0.25, 0.3) is 0 Å². The first-order valence-electron chi connectivity index (χ1n) is 5.18. The molecule has 3 N–H and O–H groups in total. The van der Waals surface area contributed by atoms with Crippen LogP contribution in [0.1, 0.15) is 18.1 Å². The molecule has 1 aromatic carbocycles. The molecule has 1 aliphatic rings. The first-order chi connectivity index (χ1) is 7.08. The number of carboxylic acids is 1. The van der Waals surface area contributed by atoms with Gasteiger partial charge in [-0.3, -0.25) is 4.79 Å². The van der Waals surface area contributed by atoms with Crippen LogP contribution in [0.5, 0.6) is 0 Å². The second-order valence-corrected chi connectivity index (χ2v) is 4.32. The summed E-state index contributed by atoms with van der Waals surface area (Å²) in [5, 5.41) is 8.95. The Morgan fingerprint density at radius 3 is 2.80 bits per heavy atom. The molecule has 0 saturated carbocycles. The van der Waals surface area contributed by atoms with Crippen molar-refractivity contribution in [2.24, 2.45) is 11.8 Å². The third-order valence-electron chi connectivity index (χ3n) is 3.29. The lowest BCUT2D eigenvalue weighted by molar-refractivity contribution is -0.142. The molecule has 3 heteroatoms. The van der Waals surface area contributed by atoms with Crippen LogP contribution in [0.2, 0.25) is 0 Å². The number of benzene rings is 1. The molecule has 2 rings (SSSR count).